The lowest BCUT2D eigenvalue weighted by Crippen LogP contribution is -2.40. The fourth-order valence-electron chi connectivity index (χ4n) is 2.64. The van der Waals surface area contributed by atoms with Crippen LogP contribution in [0.1, 0.15) is 42.5 Å². The van der Waals surface area contributed by atoms with Crippen LogP contribution in [-0.4, -0.2) is 48.6 Å². The Kier molecular flexibility index (Phi) is 4.77. The van der Waals surface area contributed by atoms with E-state index in [4.69, 9.17) is 9.15 Å². The Morgan fingerprint density at radius 3 is 2.82 bits per heavy atom. The minimum atomic E-state index is -0.108. The number of ether oxygens (including phenoxy) is 1. The highest BCUT2D eigenvalue weighted by Gasteiger charge is 2.26. The maximum atomic E-state index is 12.5. The molecule has 1 aromatic heterocycles. The highest BCUT2D eigenvalue weighted by molar-refractivity contribution is 5.94. The van der Waals surface area contributed by atoms with Gasteiger partial charge in [-0.3, -0.25) is 9.59 Å². The molecule has 2 fully saturated rings. The summed E-state index contributed by atoms with van der Waals surface area (Å²) in [6, 6.07) is 2.00. The summed E-state index contributed by atoms with van der Waals surface area (Å²) in [5, 5.41) is 2.95. The zero-order valence-electron chi connectivity index (χ0n) is 12.6. The number of amides is 2. The van der Waals surface area contributed by atoms with Crippen LogP contribution < -0.4 is 5.32 Å². The van der Waals surface area contributed by atoms with E-state index in [-0.39, 0.29) is 17.9 Å². The van der Waals surface area contributed by atoms with Crippen LogP contribution >= 0.6 is 0 Å². The van der Waals surface area contributed by atoms with Gasteiger partial charge >= 0.3 is 0 Å². The van der Waals surface area contributed by atoms with Crippen molar-refractivity contribution in [2.75, 3.05) is 19.7 Å². The van der Waals surface area contributed by atoms with E-state index in [0.29, 0.717) is 31.1 Å². The average Bonchev–Trinajstić information content (AvgIpc) is 2.99. The van der Waals surface area contributed by atoms with Crippen molar-refractivity contribution in [1.82, 2.24) is 10.2 Å². The van der Waals surface area contributed by atoms with Gasteiger partial charge in [0.25, 0.3) is 5.91 Å². The van der Waals surface area contributed by atoms with E-state index in [1.807, 2.05) is 0 Å². The van der Waals surface area contributed by atoms with Gasteiger partial charge in [-0.05, 0) is 31.7 Å². The predicted octanol–water partition coefficient (Wildman–Crippen LogP) is 1.57. The highest BCUT2D eigenvalue weighted by atomic mass is 16.5. The molecule has 0 bridgehead atoms. The molecule has 1 atom stereocenters. The molecule has 1 saturated carbocycles. The summed E-state index contributed by atoms with van der Waals surface area (Å²) < 4.78 is 10.6. The van der Waals surface area contributed by atoms with E-state index in [0.717, 1.165) is 32.3 Å². The fourth-order valence-corrected chi connectivity index (χ4v) is 2.64. The summed E-state index contributed by atoms with van der Waals surface area (Å²) in [4.78, 5) is 26.1. The molecule has 1 aliphatic carbocycles. The van der Waals surface area contributed by atoms with Gasteiger partial charge in [-0.1, -0.05) is 0 Å². The first-order chi connectivity index (χ1) is 10.7. The third-order valence-corrected chi connectivity index (χ3v) is 4.05. The first-order valence-electron chi connectivity index (χ1n) is 7.95. The summed E-state index contributed by atoms with van der Waals surface area (Å²) in [5.74, 6) is -0.0942. The van der Waals surface area contributed by atoms with E-state index in [1.54, 1.807) is 11.0 Å². The van der Waals surface area contributed by atoms with Gasteiger partial charge in [-0.25, -0.2) is 0 Å². The van der Waals surface area contributed by atoms with Gasteiger partial charge in [0.15, 0.2) is 0 Å². The molecule has 2 amide bonds. The largest absolute Gasteiger partial charge is 0.472 e. The summed E-state index contributed by atoms with van der Waals surface area (Å²) in [5.41, 5.74) is 0.514. The number of carbonyl (C=O) groups excluding carboxylic acids is 2. The second-order valence-corrected chi connectivity index (χ2v) is 5.99. The second-order valence-electron chi connectivity index (χ2n) is 5.99. The lowest BCUT2D eigenvalue weighted by molar-refractivity contribution is -0.121. The Labute approximate surface area is 129 Å². The summed E-state index contributed by atoms with van der Waals surface area (Å²) in [6.45, 7) is 1.68. The van der Waals surface area contributed by atoms with Crippen molar-refractivity contribution >= 4 is 11.8 Å². The SMILES string of the molecule is O=C(CCN(C[C@@H]1CCCO1)C(=O)c1ccoc1)NC1CC1. The third-order valence-electron chi connectivity index (χ3n) is 4.05. The average molecular weight is 306 g/mol. The molecule has 22 heavy (non-hydrogen) atoms. The molecule has 1 aliphatic heterocycles. The Morgan fingerprint density at radius 1 is 1.32 bits per heavy atom. The van der Waals surface area contributed by atoms with E-state index in [1.165, 1.54) is 12.5 Å². The van der Waals surface area contributed by atoms with Crippen LogP contribution in [0.2, 0.25) is 0 Å². The summed E-state index contributed by atoms with van der Waals surface area (Å²) >= 11 is 0. The Bertz CT molecular complexity index is 504. The lowest BCUT2D eigenvalue weighted by Gasteiger charge is -2.25. The molecular weight excluding hydrogens is 284 g/mol. The third kappa shape index (κ3) is 4.10. The fraction of sp³-hybridized carbons (Fsp3) is 0.625. The minimum Gasteiger partial charge on any atom is -0.472 e. The molecule has 0 radical (unpaired) electrons. The van der Waals surface area contributed by atoms with E-state index < -0.39 is 0 Å². The Hall–Kier alpha value is -1.82. The second kappa shape index (κ2) is 6.96. The van der Waals surface area contributed by atoms with Gasteiger partial charge in [0.1, 0.15) is 6.26 Å². The Balaban J connectivity index is 1.56. The number of furan rings is 1. The number of nitrogens with one attached hydrogen (secondary N) is 1. The van der Waals surface area contributed by atoms with Crippen molar-refractivity contribution in [2.45, 2.75) is 44.2 Å². The van der Waals surface area contributed by atoms with Crippen LogP contribution in [0.4, 0.5) is 0 Å². The van der Waals surface area contributed by atoms with Crippen molar-refractivity contribution < 1.29 is 18.7 Å². The molecule has 120 valence electrons. The standard InChI is InChI=1S/C16H22N2O4/c19-15(17-13-3-4-13)5-7-18(10-14-2-1-8-22-14)16(20)12-6-9-21-11-12/h6,9,11,13-14H,1-5,7-8,10H2,(H,17,19)/t14-/m0/s1. The van der Waals surface area contributed by atoms with Gasteiger partial charge < -0.3 is 19.4 Å². The maximum absolute atomic E-state index is 12.5. The number of hydrogen-bond donors (Lipinski definition) is 1. The molecular formula is C16H22N2O4. The molecule has 1 aromatic rings. The molecule has 1 N–H and O–H groups in total. The van der Waals surface area contributed by atoms with Crippen LogP contribution in [0.15, 0.2) is 23.0 Å². The van der Waals surface area contributed by atoms with Gasteiger partial charge in [-0.15, -0.1) is 0 Å². The topological polar surface area (TPSA) is 71.8 Å². The quantitative estimate of drug-likeness (QED) is 0.830. The van der Waals surface area contributed by atoms with Crippen LogP contribution in [0.25, 0.3) is 0 Å². The van der Waals surface area contributed by atoms with Crippen LogP contribution in [0.5, 0.6) is 0 Å². The molecule has 1 saturated heterocycles. The molecule has 0 spiro atoms. The van der Waals surface area contributed by atoms with E-state index >= 15 is 0 Å². The summed E-state index contributed by atoms with van der Waals surface area (Å²) in [7, 11) is 0. The van der Waals surface area contributed by atoms with E-state index in [9.17, 15) is 9.59 Å². The first-order valence-corrected chi connectivity index (χ1v) is 7.95. The van der Waals surface area contributed by atoms with Gasteiger partial charge in [0.05, 0.1) is 17.9 Å². The molecule has 0 unspecified atom stereocenters. The van der Waals surface area contributed by atoms with Crippen LogP contribution in [0.3, 0.4) is 0 Å². The smallest absolute Gasteiger partial charge is 0.257 e. The molecule has 6 nitrogen and oxygen atoms in total. The van der Waals surface area contributed by atoms with Crippen molar-refractivity contribution in [2.24, 2.45) is 0 Å². The van der Waals surface area contributed by atoms with Crippen molar-refractivity contribution in [3.63, 3.8) is 0 Å². The highest BCUT2D eigenvalue weighted by Crippen LogP contribution is 2.19. The van der Waals surface area contributed by atoms with Crippen LogP contribution in [-0.2, 0) is 9.53 Å². The Morgan fingerprint density at radius 2 is 2.18 bits per heavy atom. The zero-order chi connectivity index (χ0) is 15.4. The molecule has 6 heteroatoms. The monoisotopic (exact) mass is 306 g/mol. The number of nitrogens with zero attached hydrogens (tertiary/aromatic N) is 1. The first kappa shape index (κ1) is 15.1. The normalized spacial score (nSPS) is 20.8. The molecule has 0 aromatic carbocycles. The number of carbonyl (C=O) groups is 2. The van der Waals surface area contributed by atoms with E-state index in [2.05, 4.69) is 5.32 Å². The number of hydrogen-bond acceptors (Lipinski definition) is 4. The van der Waals surface area contributed by atoms with Gasteiger partial charge in [0, 0.05) is 32.2 Å². The molecule has 3 rings (SSSR count). The van der Waals surface area contributed by atoms with Crippen molar-refractivity contribution in [3.05, 3.63) is 24.2 Å². The molecule has 2 aliphatic rings. The maximum Gasteiger partial charge on any atom is 0.257 e. The number of rotatable bonds is 7. The summed E-state index contributed by atoms with van der Waals surface area (Å²) in [6.07, 6.45) is 7.45. The van der Waals surface area contributed by atoms with Crippen molar-refractivity contribution in [3.8, 4) is 0 Å². The van der Waals surface area contributed by atoms with Gasteiger partial charge in [0.2, 0.25) is 5.91 Å². The van der Waals surface area contributed by atoms with Crippen LogP contribution in [0, 0.1) is 0 Å². The zero-order valence-corrected chi connectivity index (χ0v) is 12.6. The van der Waals surface area contributed by atoms with Crippen molar-refractivity contribution in [1.29, 1.82) is 0 Å². The van der Waals surface area contributed by atoms with Gasteiger partial charge in [-0.2, -0.15) is 0 Å². The predicted molar refractivity (Wildman–Crippen MR) is 79.4 cm³/mol. The molecule has 2 heterocycles. The minimum absolute atomic E-state index is 0.0137. The lowest BCUT2D eigenvalue weighted by atomic mass is 10.2.